The zero-order valence-corrected chi connectivity index (χ0v) is 17.4. The lowest BCUT2D eigenvalue weighted by atomic mass is 10.00. The minimum Gasteiger partial charge on any atom is -0.349 e. The van der Waals surface area contributed by atoms with E-state index in [1.165, 1.54) is 30.2 Å². The molecular formula is C21H30N4OS. The SMILES string of the molecule is CC(C)Cc1ccc([C@H](C)NC(=O)CSc2nnc3n2CCCCC3)cc1. The van der Waals surface area contributed by atoms with Crippen molar-refractivity contribution in [2.24, 2.45) is 5.92 Å². The number of rotatable bonds is 7. The lowest BCUT2D eigenvalue weighted by molar-refractivity contribution is -0.119. The van der Waals surface area contributed by atoms with Crippen LogP contribution >= 0.6 is 11.8 Å². The molecule has 0 fully saturated rings. The van der Waals surface area contributed by atoms with Gasteiger partial charge in [0.1, 0.15) is 5.82 Å². The summed E-state index contributed by atoms with van der Waals surface area (Å²) in [6, 6.07) is 8.57. The molecule has 1 aromatic carbocycles. The van der Waals surface area contributed by atoms with Crippen molar-refractivity contribution in [3.63, 3.8) is 0 Å². The van der Waals surface area contributed by atoms with Crippen molar-refractivity contribution in [3.05, 3.63) is 41.2 Å². The van der Waals surface area contributed by atoms with Crippen molar-refractivity contribution in [1.82, 2.24) is 20.1 Å². The minimum atomic E-state index is 0.00159. The Bertz CT molecular complexity index is 754. The summed E-state index contributed by atoms with van der Waals surface area (Å²) in [6.07, 6.45) is 5.65. The average molecular weight is 387 g/mol. The van der Waals surface area contributed by atoms with Crippen LogP contribution in [-0.4, -0.2) is 26.4 Å². The van der Waals surface area contributed by atoms with Gasteiger partial charge in [-0.15, -0.1) is 10.2 Å². The molecule has 0 saturated heterocycles. The fourth-order valence-electron chi connectivity index (χ4n) is 3.48. The highest BCUT2D eigenvalue weighted by Gasteiger charge is 2.17. The van der Waals surface area contributed by atoms with Crippen LogP contribution in [0.15, 0.2) is 29.4 Å². The second-order valence-electron chi connectivity index (χ2n) is 7.78. The van der Waals surface area contributed by atoms with Gasteiger partial charge < -0.3 is 9.88 Å². The molecule has 0 bridgehead atoms. The Morgan fingerprint density at radius 2 is 1.93 bits per heavy atom. The van der Waals surface area contributed by atoms with Crippen LogP contribution in [-0.2, 0) is 24.2 Å². The summed E-state index contributed by atoms with van der Waals surface area (Å²) in [4.78, 5) is 12.4. The topological polar surface area (TPSA) is 59.8 Å². The standard InChI is InChI=1S/C21H30N4OS/c1-15(2)13-17-8-10-18(11-9-17)16(3)22-20(26)14-27-21-24-23-19-7-5-4-6-12-25(19)21/h8-11,15-16H,4-7,12-14H2,1-3H3,(H,22,26)/t16-/m0/s1. The van der Waals surface area contributed by atoms with E-state index >= 15 is 0 Å². The van der Waals surface area contributed by atoms with Crippen LogP contribution in [0.3, 0.4) is 0 Å². The number of carbonyl (C=O) groups is 1. The second-order valence-corrected chi connectivity index (χ2v) is 8.72. The normalized spacial score (nSPS) is 15.3. The van der Waals surface area contributed by atoms with E-state index < -0.39 is 0 Å². The quantitative estimate of drug-likeness (QED) is 0.726. The highest BCUT2D eigenvalue weighted by atomic mass is 32.2. The first-order chi connectivity index (χ1) is 13.0. The lowest BCUT2D eigenvalue weighted by Crippen LogP contribution is -2.28. The van der Waals surface area contributed by atoms with Gasteiger partial charge in [-0.3, -0.25) is 4.79 Å². The van der Waals surface area contributed by atoms with E-state index in [9.17, 15) is 4.79 Å². The van der Waals surface area contributed by atoms with Gasteiger partial charge in [0.25, 0.3) is 0 Å². The Balaban J connectivity index is 1.51. The molecule has 3 rings (SSSR count). The molecule has 1 aliphatic heterocycles. The molecule has 2 heterocycles. The largest absolute Gasteiger partial charge is 0.349 e. The number of thioether (sulfide) groups is 1. The Hall–Kier alpha value is -1.82. The van der Waals surface area contributed by atoms with Crippen LogP contribution < -0.4 is 5.32 Å². The molecule has 1 amide bonds. The summed E-state index contributed by atoms with van der Waals surface area (Å²) in [5, 5.41) is 12.5. The van der Waals surface area contributed by atoms with E-state index in [0.29, 0.717) is 11.7 Å². The van der Waals surface area contributed by atoms with Gasteiger partial charge in [0.15, 0.2) is 5.16 Å². The Kier molecular flexibility index (Phi) is 6.94. The monoisotopic (exact) mass is 386 g/mol. The molecule has 2 aromatic rings. The third-order valence-electron chi connectivity index (χ3n) is 4.91. The molecule has 1 aliphatic rings. The summed E-state index contributed by atoms with van der Waals surface area (Å²) in [6.45, 7) is 7.44. The molecule has 0 saturated carbocycles. The lowest BCUT2D eigenvalue weighted by Gasteiger charge is -2.15. The van der Waals surface area contributed by atoms with E-state index in [1.807, 2.05) is 6.92 Å². The van der Waals surface area contributed by atoms with Crippen molar-refractivity contribution in [2.45, 2.75) is 70.6 Å². The Labute approximate surface area is 166 Å². The Morgan fingerprint density at radius 1 is 1.15 bits per heavy atom. The maximum absolute atomic E-state index is 12.4. The molecule has 0 radical (unpaired) electrons. The number of carbonyl (C=O) groups excluding carboxylic acids is 1. The molecule has 1 atom stereocenters. The van der Waals surface area contributed by atoms with E-state index in [4.69, 9.17) is 0 Å². The average Bonchev–Trinajstić information content (AvgIpc) is 2.86. The summed E-state index contributed by atoms with van der Waals surface area (Å²) < 4.78 is 2.18. The first-order valence-corrected chi connectivity index (χ1v) is 10.9. The van der Waals surface area contributed by atoms with Crippen LogP contribution in [0, 0.1) is 5.92 Å². The van der Waals surface area contributed by atoms with Gasteiger partial charge >= 0.3 is 0 Å². The number of hydrogen-bond acceptors (Lipinski definition) is 4. The number of aryl methyl sites for hydroxylation is 1. The zero-order valence-electron chi connectivity index (χ0n) is 16.6. The molecule has 0 aliphatic carbocycles. The first kappa shape index (κ1) is 19.9. The number of hydrogen-bond donors (Lipinski definition) is 1. The van der Waals surface area contributed by atoms with E-state index in [2.05, 4.69) is 58.2 Å². The van der Waals surface area contributed by atoms with Gasteiger partial charge in [0.05, 0.1) is 11.8 Å². The van der Waals surface area contributed by atoms with Gasteiger partial charge in [-0.25, -0.2) is 0 Å². The summed E-state index contributed by atoms with van der Waals surface area (Å²) in [5.41, 5.74) is 2.48. The maximum atomic E-state index is 12.4. The van der Waals surface area contributed by atoms with E-state index in [1.54, 1.807) is 0 Å². The smallest absolute Gasteiger partial charge is 0.230 e. The van der Waals surface area contributed by atoms with Crippen LogP contribution in [0.2, 0.25) is 0 Å². The predicted molar refractivity (Wildman–Crippen MR) is 110 cm³/mol. The summed E-state index contributed by atoms with van der Waals surface area (Å²) >= 11 is 1.48. The Morgan fingerprint density at radius 3 is 2.67 bits per heavy atom. The molecule has 5 nitrogen and oxygen atoms in total. The molecule has 27 heavy (non-hydrogen) atoms. The first-order valence-electron chi connectivity index (χ1n) is 9.96. The van der Waals surface area contributed by atoms with Gasteiger partial charge in [-0.05, 0) is 43.2 Å². The molecule has 6 heteroatoms. The van der Waals surface area contributed by atoms with Crippen molar-refractivity contribution < 1.29 is 4.79 Å². The predicted octanol–water partition coefficient (Wildman–Crippen LogP) is 4.17. The molecule has 0 unspecified atom stereocenters. The van der Waals surface area contributed by atoms with Crippen molar-refractivity contribution in [2.75, 3.05) is 5.75 Å². The number of benzene rings is 1. The molecule has 146 valence electrons. The molecule has 1 aromatic heterocycles. The molecule has 0 spiro atoms. The molecular weight excluding hydrogens is 356 g/mol. The highest BCUT2D eigenvalue weighted by molar-refractivity contribution is 7.99. The van der Waals surface area contributed by atoms with Crippen molar-refractivity contribution in [1.29, 1.82) is 0 Å². The van der Waals surface area contributed by atoms with Crippen LogP contribution in [0.4, 0.5) is 0 Å². The maximum Gasteiger partial charge on any atom is 0.230 e. The van der Waals surface area contributed by atoms with E-state index in [-0.39, 0.29) is 11.9 Å². The second kappa shape index (κ2) is 9.40. The van der Waals surface area contributed by atoms with Crippen LogP contribution in [0.1, 0.15) is 63.0 Å². The van der Waals surface area contributed by atoms with Crippen LogP contribution in [0.5, 0.6) is 0 Å². The number of nitrogens with zero attached hydrogens (tertiary/aromatic N) is 3. The van der Waals surface area contributed by atoms with Crippen molar-refractivity contribution >= 4 is 17.7 Å². The third kappa shape index (κ3) is 5.58. The summed E-state index contributed by atoms with van der Waals surface area (Å²) in [5.74, 6) is 2.11. The molecule has 1 N–H and O–H groups in total. The van der Waals surface area contributed by atoms with Crippen LogP contribution in [0.25, 0.3) is 0 Å². The third-order valence-corrected chi connectivity index (χ3v) is 5.88. The van der Waals surface area contributed by atoms with Crippen molar-refractivity contribution in [3.8, 4) is 0 Å². The number of nitrogens with one attached hydrogen (secondary N) is 1. The highest BCUT2D eigenvalue weighted by Crippen LogP contribution is 2.22. The number of amides is 1. The fourth-order valence-corrected chi connectivity index (χ4v) is 4.27. The van der Waals surface area contributed by atoms with Gasteiger partial charge in [-0.1, -0.05) is 56.3 Å². The zero-order chi connectivity index (χ0) is 19.2. The van der Waals surface area contributed by atoms with E-state index in [0.717, 1.165) is 42.4 Å². The van der Waals surface area contributed by atoms with Gasteiger partial charge in [0.2, 0.25) is 5.91 Å². The van der Waals surface area contributed by atoms with Gasteiger partial charge in [0, 0.05) is 13.0 Å². The fraction of sp³-hybridized carbons (Fsp3) is 0.571. The van der Waals surface area contributed by atoms with Gasteiger partial charge in [-0.2, -0.15) is 0 Å². The summed E-state index contributed by atoms with van der Waals surface area (Å²) in [7, 11) is 0. The number of fused-ring (bicyclic) bond motifs is 1. The minimum absolute atomic E-state index is 0.00159. The number of aromatic nitrogens is 3.